The Labute approximate surface area is 175 Å². The topological polar surface area (TPSA) is 86.8 Å². The number of anilines is 2. The molecule has 1 fully saturated rings. The van der Waals surface area contributed by atoms with Crippen molar-refractivity contribution in [2.24, 2.45) is 0 Å². The summed E-state index contributed by atoms with van der Waals surface area (Å²) in [5, 5.41) is 3.16. The van der Waals surface area contributed by atoms with Crippen molar-refractivity contribution >= 4 is 44.6 Å². The molecule has 1 aliphatic heterocycles. The number of hydrogen-bond donors (Lipinski definition) is 1. The molecule has 29 heavy (non-hydrogen) atoms. The van der Waals surface area contributed by atoms with Gasteiger partial charge in [0.05, 0.1) is 0 Å². The molecule has 1 heterocycles. The summed E-state index contributed by atoms with van der Waals surface area (Å²) in [4.78, 5) is 28.0. The average Bonchev–Trinajstić information content (AvgIpc) is 2.68. The Morgan fingerprint density at radius 1 is 0.931 bits per heavy atom. The van der Waals surface area contributed by atoms with Crippen LogP contribution in [0.1, 0.15) is 0 Å². The number of carbonyl (C=O) groups excluding carboxylic acids is 2. The first-order chi connectivity index (χ1) is 13.8. The van der Waals surface area contributed by atoms with Gasteiger partial charge in [-0.15, -0.1) is 0 Å². The van der Waals surface area contributed by atoms with E-state index in [-0.39, 0.29) is 0 Å². The van der Waals surface area contributed by atoms with Crippen LogP contribution in [0.4, 0.5) is 11.4 Å². The Hall–Kier alpha value is -2.58. The van der Waals surface area contributed by atoms with Gasteiger partial charge in [-0.25, -0.2) is 8.42 Å². The molecule has 0 radical (unpaired) electrons. The molecule has 1 saturated heterocycles. The van der Waals surface area contributed by atoms with E-state index in [0.29, 0.717) is 36.9 Å². The molecule has 3 rings (SSSR count). The number of rotatable bonds is 6. The van der Waals surface area contributed by atoms with Gasteiger partial charge >= 0.3 is 0 Å². The SMILES string of the molecule is O=C(CS(=O)(=O)CC(=O)N1CCN(c2cccc(Cl)c2)CC1)Nc1ccccc1. The number of sulfone groups is 1. The van der Waals surface area contributed by atoms with E-state index in [1.807, 2.05) is 18.2 Å². The molecule has 2 aromatic carbocycles. The quantitative estimate of drug-likeness (QED) is 0.750. The number of para-hydroxylation sites is 1. The van der Waals surface area contributed by atoms with Crippen LogP contribution in [0.5, 0.6) is 0 Å². The highest BCUT2D eigenvalue weighted by atomic mass is 35.5. The number of carbonyl (C=O) groups is 2. The van der Waals surface area contributed by atoms with Gasteiger partial charge in [0.2, 0.25) is 11.8 Å². The summed E-state index contributed by atoms with van der Waals surface area (Å²) >= 11 is 6.02. The lowest BCUT2D eigenvalue weighted by atomic mass is 10.2. The number of hydrogen-bond acceptors (Lipinski definition) is 5. The van der Waals surface area contributed by atoms with Gasteiger partial charge in [0.1, 0.15) is 11.5 Å². The second kappa shape index (κ2) is 9.28. The third kappa shape index (κ3) is 6.20. The van der Waals surface area contributed by atoms with Gasteiger partial charge in [-0.1, -0.05) is 35.9 Å². The number of nitrogens with zero attached hydrogens (tertiary/aromatic N) is 2. The molecule has 1 N–H and O–H groups in total. The maximum Gasteiger partial charge on any atom is 0.239 e. The number of benzene rings is 2. The second-order valence-corrected chi connectivity index (χ2v) is 9.30. The predicted molar refractivity (Wildman–Crippen MR) is 114 cm³/mol. The van der Waals surface area contributed by atoms with Gasteiger partial charge in [-0.2, -0.15) is 0 Å². The Kier molecular flexibility index (Phi) is 6.76. The summed E-state index contributed by atoms with van der Waals surface area (Å²) in [7, 11) is -3.86. The summed E-state index contributed by atoms with van der Waals surface area (Å²) in [6.07, 6.45) is 0. The largest absolute Gasteiger partial charge is 0.368 e. The van der Waals surface area contributed by atoms with Crippen molar-refractivity contribution in [3.05, 3.63) is 59.6 Å². The molecule has 1 aliphatic rings. The zero-order chi connectivity index (χ0) is 20.9. The van der Waals surface area contributed by atoms with Gasteiger partial charge in [-0.3, -0.25) is 9.59 Å². The summed E-state index contributed by atoms with van der Waals surface area (Å²) < 4.78 is 24.5. The lowest BCUT2D eigenvalue weighted by Crippen LogP contribution is -2.50. The molecule has 154 valence electrons. The maximum absolute atomic E-state index is 12.4. The number of amides is 2. The highest BCUT2D eigenvalue weighted by Crippen LogP contribution is 2.20. The maximum atomic E-state index is 12.4. The summed E-state index contributed by atoms with van der Waals surface area (Å²) in [5.41, 5.74) is 1.48. The molecule has 0 aromatic heterocycles. The zero-order valence-electron chi connectivity index (χ0n) is 15.8. The van der Waals surface area contributed by atoms with Crippen molar-refractivity contribution in [3.8, 4) is 0 Å². The van der Waals surface area contributed by atoms with E-state index in [1.165, 1.54) is 4.90 Å². The highest BCUT2D eigenvalue weighted by Gasteiger charge is 2.27. The van der Waals surface area contributed by atoms with Crippen molar-refractivity contribution in [2.45, 2.75) is 0 Å². The van der Waals surface area contributed by atoms with Crippen LogP contribution in [0.3, 0.4) is 0 Å². The van der Waals surface area contributed by atoms with E-state index in [0.717, 1.165) is 5.69 Å². The molecular formula is C20H22ClN3O4S. The molecule has 9 heteroatoms. The van der Waals surface area contributed by atoms with Crippen molar-refractivity contribution in [2.75, 3.05) is 47.9 Å². The molecule has 7 nitrogen and oxygen atoms in total. The van der Waals surface area contributed by atoms with Gasteiger partial charge in [0.15, 0.2) is 9.84 Å². The van der Waals surface area contributed by atoms with Crippen LogP contribution in [-0.2, 0) is 19.4 Å². The van der Waals surface area contributed by atoms with E-state index in [9.17, 15) is 18.0 Å². The summed E-state index contributed by atoms with van der Waals surface area (Å²) in [6, 6.07) is 16.0. The minimum atomic E-state index is -3.86. The van der Waals surface area contributed by atoms with Gasteiger partial charge in [0, 0.05) is 42.6 Å². The van der Waals surface area contributed by atoms with E-state index >= 15 is 0 Å². The Morgan fingerprint density at radius 2 is 1.62 bits per heavy atom. The van der Waals surface area contributed by atoms with E-state index in [1.54, 1.807) is 36.4 Å². The lowest BCUT2D eigenvalue weighted by molar-refractivity contribution is -0.128. The fraction of sp³-hybridized carbons (Fsp3) is 0.300. The number of piperazine rings is 1. The fourth-order valence-electron chi connectivity index (χ4n) is 3.14. The van der Waals surface area contributed by atoms with Crippen LogP contribution >= 0.6 is 11.6 Å². The van der Waals surface area contributed by atoms with Crippen LogP contribution < -0.4 is 10.2 Å². The van der Waals surface area contributed by atoms with Gasteiger partial charge in [-0.05, 0) is 30.3 Å². The molecule has 0 unspecified atom stereocenters. The molecule has 0 atom stereocenters. The van der Waals surface area contributed by atoms with Crippen molar-refractivity contribution in [1.82, 2.24) is 4.90 Å². The highest BCUT2D eigenvalue weighted by molar-refractivity contribution is 7.92. The first kappa shape index (κ1) is 21.1. The van der Waals surface area contributed by atoms with Crippen molar-refractivity contribution in [3.63, 3.8) is 0 Å². The van der Waals surface area contributed by atoms with Crippen LogP contribution in [-0.4, -0.2) is 62.8 Å². The summed E-state index contributed by atoms with van der Waals surface area (Å²) in [5.74, 6) is -2.54. The average molecular weight is 436 g/mol. The first-order valence-corrected chi connectivity index (χ1v) is 11.4. The first-order valence-electron chi connectivity index (χ1n) is 9.16. The van der Waals surface area contributed by atoms with Crippen LogP contribution in [0.25, 0.3) is 0 Å². The minimum Gasteiger partial charge on any atom is -0.368 e. The Morgan fingerprint density at radius 3 is 2.28 bits per heavy atom. The monoisotopic (exact) mass is 435 g/mol. The third-order valence-corrected chi connectivity index (χ3v) is 6.18. The standard InChI is InChI=1S/C20H22ClN3O4S/c21-16-5-4-8-18(13-16)23-9-11-24(12-10-23)20(26)15-29(27,28)14-19(25)22-17-6-2-1-3-7-17/h1-8,13H,9-12,14-15H2,(H,22,25). The van der Waals surface area contributed by atoms with E-state index in [4.69, 9.17) is 11.6 Å². The molecule has 2 amide bonds. The molecular weight excluding hydrogens is 414 g/mol. The van der Waals surface area contributed by atoms with E-state index in [2.05, 4.69) is 10.2 Å². The Bertz CT molecular complexity index is 974. The smallest absolute Gasteiger partial charge is 0.239 e. The number of nitrogens with one attached hydrogen (secondary N) is 1. The predicted octanol–water partition coefficient (Wildman–Crippen LogP) is 2.04. The van der Waals surface area contributed by atoms with E-state index < -0.39 is 33.2 Å². The molecule has 0 aliphatic carbocycles. The van der Waals surface area contributed by atoms with Crippen LogP contribution in [0, 0.1) is 0 Å². The zero-order valence-corrected chi connectivity index (χ0v) is 17.3. The molecule has 0 saturated carbocycles. The Balaban J connectivity index is 1.50. The van der Waals surface area contributed by atoms with Gasteiger partial charge < -0.3 is 15.1 Å². The molecule has 2 aromatic rings. The normalized spacial score (nSPS) is 14.5. The van der Waals surface area contributed by atoms with Crippen LogP contribution in [0.15, 0.2) is 54.6 Å². The number of halogens is 1. The summed E-state index contributed by atoms with van der Waals surface area (Å²) in [6.45, 7) is 2.00. The minimum absolute atomic E-state index is 0.414. The van der Waals surface area contributed by atoms with Crippen molar-refractivity contribution < 1.29 is 18.0 Å². The molecule has 0 spiro atoms. The van der Waals surface area contributed by atoms with Crippen LogP contribution in [0.2, 0.25) is 5.02 Å². The van der Waals surface area contributed by atoms with Gasteiger partial charge in [0.25, 0.3) is 0 Å². The second-order valence-electron chi connectivity index (χ2n) is 6.79. The third-order valence-electron chi connectivity index (χ3n) is 4.56. The fourth-order valence-corrected chi connectivity index (χ4v) is 4.45. The molecule has 0 bridgehead atoms. The van der Waals surface area contributed by atoms with Crippen molar-refractivity contribution in [1.29, 1.82) is 0 Å². The lowest BCUT2D eigenvalue weighted by Gasteiger charge is -2.36.